The van der Waals surface area contributed by atoms with E-state index in [1.807, 2.05) is 19.1 Å². The van der Waals surface area contributed by atoms with Crippen LogP contribution in [0.25, 0.3) is 0 Å². The molecule has 2 rings (SSSR count). The maximum absolute atomic E-state index is 13.1. The number of carbonyl (C=O) groups excluding carboxylic acids is 1. The van der Waals surface area contributed by atoms with Gasteiger partial charge >= 0.3 is 0 Å². The monoisotopic (exact) mass is 287 g/mol. The zero-order valence-corrected chi connectivity index (χ0v) is 12.2. The average molecular weight is 287 g/mol. The van der Waals surface area contributed by atoms with Gasteiger partial charge in [0, 0.05) is 17.3 Å². The number of amides is 1. The fourth-order valence-corrected chi connectivity index (χ4v) is 1.96. The SMILES string of the molecule is CCCOc1cccc(NC(=O)c2ccc(F)cc2C)c1. The van der Waals surface area contributed by atoms with E-state index in [9.17, 15) is 9.18 Å². The van der Waals surface area contributed by atoms with Crippen LogP contribution in [-0.4, -0.2) is 12.5 Å². The minimum Gasteiger partial charge on any atom is -0.494 e. The Balaban J connectivity index is 2.12. The van der Waals surface area contributed by atoms with Crippen LogP contribution in [0.3, 0.4) is 0 Å². The second-order valence-electron chi connectivity index (χ2n) is 4.79. The van der Waals surface area contributed by atoms with E-state index in [1.54, 1.807) is 19.1 Å². The molecule has 0 aliphatic rings. The quantitative estimate of drug-likeness (QED) is 0.896. The first-order chi connectivity index (χ1) is 10.1. The third-order valence-electron chi connectivity index (χ3n) is 3.00. The van der Waals surface area contributed by atoms with Gasteiger partial charge in [0.15, 0.2) is 0 Å². The van der Waals surface area contributed by atoms with E-state index < -0.39 is 0 Å². The lowest BCUT2D eigenvalue weighted by atomic mass is 10.1. The lowest BCUT2D eigenvalue weighted by Crippen LogP contribution is -2.13. The molecule has 2 aromatic rings. The molecule has 1 N–H and O–H groups in total. The number of anilines is 1. The Kier molecular flexibility index (Phi) is 4.93. The largest absolute Gasteiger partial charge is 0.494 e. The van der Waals surface area contributed by atoms with E-state index in [0.29, 0.717) is 29.2 Å². The van der Waals surface area contributed by atoms with E-state index in [0.717, 1.165) is 6.42 Å². The molecular weight excluding hydrogens is 269 g/mol. The number of carbonyl (C=O) groups is 1. The van der Waals surface area contributed by atoms with Crippen LogP contribution >= 0.6 is 0 Å². The average Bonchev–Trinajstić information content (AvgIpc) is 2.45. The van der Waals surface area contributed by atoms with Gasteiger partial charge in [0.25, 0.3) is 5.91 Å². The third-order valence-corrected chi connectivity index (χ3v) is 3.00. The first kappa shape index (κ1) is 15.0. The van der Waals surface area contributed by atoms with Crippen molar-refractivity contribution >= 4 is 11.6 Å². The van der Waals surface area contributed by atoms with E-state index in [-0.39, 0.29) is 11.7 Å². The minimum absolute atomic E-state index is 0.264. The Hall–Kier alpha value is -2.36. The van der Waals surface area contributed by atoms with E-state index in [2.05, 4.69) is 5.32 Å². The van der Waals surface area contributed by atoms with Crippen molar-refractivity contribution in [2.45, 2.75) is 20.3 Å². The molecule has 0 spiro atoms. The molecule has 1 amide bonds. The van der Waals surface area contributed by atoms with Gasteiger partial charge in [-0.1, -0.05) is 13.0 Å². The highest BCUT2D eigenvalue weighted by Crippen LogP contribution is 2.19. The lowest BCUT2D eigenvalue weighted by Gasteiger charge is -2.10. The van der Waals surface area contributed by atoms with Crippen molar-refractivity contribution in [1.82, 2.24) is 0 Å². The summed E-state index contributed by atoms with van der Waals surface area (Å²) in [6.45, 7) is 4.37. The molecule has 0 aliphatic carbocycles. The Labute approximate surface area is 123 Å². The summed E-state index contributed by atoms with van der Waals surface area (Å²) < 4.78 is 18.6. The van der Waals surface area contributed by atoms with Crippen LogP contribution < -0.4 is 10.1 Å². The molecule has 110 valence electrons. The van der Waals surface area contributed by atoms with Gasteiger partial charge in [0.05, 0.1) is 6.61 Å². The maximum Gasteiger partial charge on any atom is 0.255 e. The van der Waals surface area contributed by atoms with Gasteiger partial charge < -0.3 is 10.1 Å². The van der Waals surface area contributed by atoms with Crippen molar-refractivity contribution in [1.29, 1.82) is 0 Å². The number of nitrogens with one attached hydrogen (secondary N) is 1. The highest BCUT2D eigenvalue weighted by atomic mass is 19.1. The molecule has 0 aromatic heterocycles. The van der Waals surface area contributed by atoms with Gasteiger partial charge in [0.2, 0.25) is 0 Å². The van der Waals surface area contributed by atoms with Crippen molar-refractivity contribution in [3.63, 3.8) is 0 Å². The van der Waals surface area contributed by atoms with E-state index >= 15 is 0 Å². The molecule has 0 saturated heterocycles. The predicted molar refractivity (Wildman–Crippen MR) is 81.3 cm³/mol. The third kappa shape index (κ3) is 4.05. The molecule has 0 unspecified atom stereocenters. The van der Waals surface area contributed by atoms with Gasteiger partial charge in [-0.2, -0.15) is 0 Å². The Bertz CT molecular complexity index is 640. The smallest absolute Gasteiger partial charge is 0.255 e. The van der Waals surface area contributed by atoms with Crippen molar-refractivity contribution in [2.75, 3.05) is 11.9 Å². The number of ether oxygens (including phenoxy) is 1. The van der Waals surface area contributed by atoms with Crippen LogP contribution in [0, 0.1) is 12.7 Å². The molecule has 2 aromatic carbocycles. The standard InChI is InChI=1S/C17H18FNO2/c1-3-9-21-15-6-4-5-14(11-15)19-17(20)16-8-7-13(18)10-12(16)2/h4-8,10-11H,3,9H2,1-2H3,(H,19,20). The van der Waals surface area contributed by atoms with Crippen LogP contribution in [0.1, 0.15) is 29.3 Å². The zero-order valence-electron chi connectivity index (χ0n) is 12.2. The molecule has 0 fully saturated rings. The van der Waals surface area contributed by atoms with Gasteiger partial charge in [-0.15, -0.1) is 0 Å². The molecule has 0 radical (unpaired) electrons. The normalized spacial score (nSPS) is 10.2. The number of hydrogen-bond donors (Lipinski definition) is 1. The predicted octanol–water partition coefficient (Wildman–Crippen LogP) is 4.18. The van der Waals surface area contributed by atoms with Crippen molar-refractivity contribution in [2.24, 2.45) is 0 Å². The number of aryl methyl sites for hydroxylation is 1. The van der Waals surface area contributed by atoms with Crippen molar-refractivity contribution in [3.05, 3.63) is 59.4 Å². The molecule has 0 aliphatic heterocycles. The minimum atomic E-state index is -0.348. The lowest BCUT2D eigenvalue weighted by molar-refractivity contribution is 0.102. The van der Waals surface area contributed by atoms with E-state index in [1.165, 1.54) is 18.2 Å². The Morgan fingerprint density at radius 1 is 1.24 bits per heavy atom. The molecular formula is C17H18FNO2. The molecule has 0 atom stereocenters. The molecule has 0 heterocycles. The summed E-state index contributed by atoms with van der Waals surface area (Å²) in [6, 6.07) is 11.3. The number of halogens is 1. The maximum atomic E-state index is 13.1. The number of rotatable bonds is 5. The fourth-order valence-electron chi connectivity index (χ4n) is 1.96. The highest BCUT2D eigenvalue weighted by Gasteiger charge is 2.10. The van der Waals surface area contributed by atoms with Crippen LogP contribution in [0.4, 0.5) is 10.1 Å². The van der Waals surface area contributed by atoms with Crippen LogP contribution in [0.2, 0.25) is 0 Å². The Morgan fingerprint density at radius 3 is 2.76 bits per heavy atom. The van der Waals surface area contributed by atoms with Crippen LogP contribution in [0.5, 0.6) is 5.75 Å². The second-order valence-corrected chi connectivity index (χ2v) is 4.79. The van der Waals surface area contributed by atoms with Crippen LogP contribution in [-0.2, 0) is 0 Å². The highest BCUT2D eigenvalue weighted by molar-refractivity contribution is 6.05. The molecule has 3 nitrogen and oxygen atoms in total. The summed E-state index contributed by atoms with van der Waals surface area (Å²) in [5.41, 5.74) is 1.71. The van der Waals surface area contributed by atoms with Crippen LogP contribution in [0.15, 0.2) is 42.5 Å². The first-order valence-corrected chi connectivity index (χ1v) is 6.90. The van der Waals surface area contributed by atoms with Gasteiger partial charge in [-0.25, -0.2) is 4.39 Å². The van der Waals surface area contributed by atoms with Crippen molar-refractivity contribution < 1.29 is 13.9 Å². The Morgan fingerprint density at radius 2 is 2.05 bits per heavy atom. The number of hydrogen-bond acceptors (Lipinski definition) is 2. The molecule has 4 heteroatoms. The first-order valence-electron chi connectivity index (χ1n) is 6.90. The second kappa shape index (κ2) is 6.88. The summed E-state index contributed by atoms with van der Waals surface area (Å²) in [7, 11) is 0. The summed E-state index contributed by atoms with van der Waals surface area (Å²) >= 11 is 0. The fraction of sp³-hybridized carbons (Fsp3) is 0.235. The topological polar surface area (TPSA) is 38.3 Å². The summed E-state index contributed by atoms with van der Waals surface area (Å²) in [6.07, 6.45) is 0.922. The number of benzene rings is 2. The summed E-state index contributed by atoms with van der Waals surface area (Å²) in [4.78, 5) is 12.2. The molecule has 0 bridgehead atoms. The summed E-state index contributed by atoms with van der Waals surface area (Å²) in [5.74, 6) is 0.102. The summed E-state index contributed by atoms with van der Waals surface area (Å²) in [5, 5.41) is 2.79. The molecule has 21 heavy (non-hydrogen) atoms. The van der Waals surface area contributed by atoms with E-state index in [4.69, 9.17) is 4.74 Å². The van der Waals surface area contributed by atoms with Crippen molar-refractivity contribution in [3.8, 4) is 5.75 Å². The van der Waals surface area contributed by atoms with Gasteiger partial charge in [-0.3, -0.25) is 4.79 Å². The molecule has 0 saturated carbocycles. The van der Waals surface area contributed by atoms with Gasteiger partial charge in [-0.05, 0) is 49.2 Å². The zero-order chi connectivity index (χ0) is 15.2. The van der Waals surface area contributed by atoms with Gasteiger partial charge in [0.1, 0.15) is 11.6 Å².